The van der Waals surface area contributed by atoms with Crippen LogP contribution >= 0.6 is 0 Å². The van der Waals surface area contributed by atoms with E-state index in [0.29, 0.717) is 18.5 Å². The topological polar surface area (TPSA) is 113 Å². The number of hydrogen-bond acceptors (Lipinski definition) is 4. The zero-order valence-electron chi connectivity index (χ0n) is 14.7. The number of nitrogens with zero attached hydrogens (tertiary/aromatic N) is 1. The highest BCUT2D eigenvalue weighted by atomic mass is 16.3. The predicted molar refractivity (Wildman–Crippen MR) is 99.0 cm³/mol. The molecule has 140 valence electrons. The first-order valence-corrected chi connectivity index (χ1v) is 8.73. The van der Waals surface area contributed by atoms with Gasteiger partial charge in [0.2, 0.25) is 11.8 Å². The monoisotopic (exact) mass is 367 g/mol. The maximum atomic E-state index is 12.7. The molecule has 1 fully saturated rings. The molecule has 0 aromatic heterocycles. The zero-order chi connectivity index (χ0) is 19.4. The minimum absolute atomic E-state index is 0.0944. The quantitative estimate of drug-likeness (QED) is 0.741. The van der Waals surface area contributed by atoms with Crippen LogP contribution in [0.4, 0.5) is 0 Å². The number of para-hydroxylation sites is 1. The number of phenols is 1. The van der Waals surface area contributed by atoms with Crippen LogP contribution in [0.2, 0.25) is 0 Å². The number of amides is 3. The third-order valence-corrected chi connectivity index (χ3v) is 4.66. The molecule has 3 rings (SSSR count). The van der Waals surface area contributed by atoms with Crippen molar-refractivity contribution in [2.24, 2.45) is 5.73 Å². The number of carbonyl (C=O) groups is 3. The second-order valence-corrected chi connectivity index (χ2v) is 6.45. The molecule has 2 aromatic rings. The van der Waals surface area contributed by atoms with E-state index in [1.54, 1.807) is 42.5 Å². The van der Waals surface area contributed by atoms with E-state index in [4.69, 9.17) is 5.73 Å². The van der Waals surface area contributed by atoms with Gasteiger partial charge in [-0.25, -0.2) is 0 Å². The van der Waals surface area contributed by atoms with Crippen LogP contribution in [0.5, 0.6) is 5.75 Å². The van der Waals surface area contributed by atoms with Crippen molar-refractivity contribution in [1.82, 2.24) is 10.2 Å². The lowest BCUT2D eigenvalue weighted by atomic mass is 10.1. The Morgan fingerprint density at radius 3 is 2.48 bits per heavy atom. The normalized spacial score (nSPS) is 16.1. The van der Waals surface area contributed by atoms with Crippen molar-refractivity contribution in [2.75, 3.05) is 6.54 Å². The zero-order valence-corrected chi connectivity index (χ0v) is 14.7. The highest BCUT2D eigenvalue weighted by Crippen LogP contribution is 2.24. The number of benzene rings is 2. The lowest BCUT2D eigenvalue weighted by molar-refractivity contribution is -0.125. The number of carbonyl (C=O) groups excluding carboxylic acids is 3. The van der Waals surface area contributed by atoms with Crippen LogP contribution in [0.1, 0.15) is 39.1 Å². The van der Waals surface area contributed by atoms with Crippen molar-refractivity contribution in [3.8, 4) is 5.75 Å². The first-order valence-electron chi connectivity index (χ1n) is 8.73. The van der Waals surface area contributed by atoms with E-state index in [2.05, 4.69) is 5.32 Å². The van der Waals surface area contributed by atoms with Gasteiger partial charge in [0, 0.05) is 18.7 Å². The molecule has 0 radical (unpaired) electrons. The van der Waals surface area contributed by atoms with Crippen molar-refractivity contribution in [3.05, 3.63) is 65.2 Å². The highest BCUT2D eigenvalue weighted by Gasteiger charge is 2.35. The molecular formula is C20H21N3O4. The molecule has 1 unspecified atom stereocenters. The van der Waals surface area contributed by atoms with Crippen molar-refractivity contribution >= 4 is 17.7 Å². The summed E-state index contributed by atoms with van der Waals surface area (Å²) in [5, 5.41) is 12.7. The fourth-order valence-corrected chi connectivity index (χ4v) is 3.19. The van der Waals surface area contributed by atoms with Gasteiger partial charge >= 0.3 is 0 Å². The lowest BCUT2D eigenvalue weighted by Crippen LogP contribution is -2.45. The Morgan fingerprint density at radius 1 is 1.11 bits per heavy atom. The maximum absolute atomic E-state index is 12.7. The first-order chi connectivity index (χ1) is 13.0. The standard InChI is InChI=1S/C20H21N3O4/c21-18(25)14-9-7-13(8-10-14)12-22-19(26)16-5-3-11-23(16)20(27)15-4-1-2-6-17(15)24/h1-2,4,6-10,16,24H,3,5,11-12H2,(H2,21,25)(H,22,26). The molecule has 1 aliphatic heterocycles. The minimum atomic E-state index is -0.568. The van der Waals surface area contributed by atoms with Crippen LogP contribution in [-0.2, 0) is 11.3 Å². The number of primary amides is 1. The second-order valence-electron chi connectivity index (χ2n) is 6.45. The van der Waals surface area contributed by atoms with Crippen molar-refractivity contribution in [3.63, 3.8) is 0 Å². The number of nitrogens with two attached hydrogens (primary N) is 1. The molecule has 0 aliphatic carbocycles. The van der Waals surface area contributed by atoms with Crippen LogP contribution in [0.3, 0.4) is 0 Å². The third-order valence-electron chi connectivity index (χ3n) is 4.66. The summed E-state index contributed by atoms with van der Waals surface area (Å²) in [6.07, 6.45) is 1.30. The van der Waals surface area contributed by atoms with Crippen molar-refractivity contribution in [2.45, 2.75) is 25.4 Å². The molecule has 27 heavy (non-hydrogen) atoms. The van der Waals surface area contributed by atoms with Crippen LogP contribution in [0, 0.1) is 0 Å². The Bertz CT molecular complexity index is 864. The fraction of sp³-hybridized carbons (Fsp3) is 0.250. The van der Waals surface area contributed by atoms with Gasteiger partial charge < -0.3 is 21.1 Å². The molecule has 1 heterocycles. The Hall–Kier alpha value is -3.35. The molecule has 2 aromatic carbocycles. The minimum Gasteiger partial charge on any atom is -0.507 e. The maximum Gasteiger partial charge on any atom is 0.258 e. The molecule has 4 N–H and O–H groups in total. The van der Waals surface area contributed by atoms with Crippen molar-refractivity contribution in [1.29, 1.82) is 0 Å². The molecule has 0 saturated carbocycles. The average molecular weight is 367 g/mol. The largest absolute Gasteiger partial charge is 0.507 e. The van der Waals surface area contributed by atoms with E-state index in [9.17, 15) is 19.5 Å². The van der Waals surface area contributed by atoms with Crippen molar-refractivity contribution < 1.29 is 19.5 Å². The van der Waals surface area contributed by atoms with E-state index in [-0.39, 0.29) is 29.7 Å². The van der Waals surface area contributed by atoms with E-state index in [1.807, 2.05) is 0 Å². The van der Waals surface area contributed by atoms with E-state index >= 15 is 0 Å². The molecule has 1 saturated heterocycles. The summed E-state index contributed by atoms with van der Waals surface area (Å²) in [5.41, 5.74) is 6.63. The summed E-state index contributed by atoms with van der Waals surface area (Å²) in [7, 11) is 0. The fourth-order valence-electron chi connectivity index (χ4n) is 3.19. The first kappa shape index (κ1) is 18.4. The van der Waals surface area contributed by atoms with Crippen LogP contribution in [-0.4, -0.2) is 40.3 Å². The number of rotatable bonds is 5. The number of hydrogen-bond donors (Lipinski definition) is 3. The number of aromatic hydroxyl groups is 1. The highest BCUT2D eigenvalue weighted by molar-refractivity contribution is 6.00. The van der Waals surface area contributed by atoms with Crippen LogP contribution in [0.15, 0.2) is 48.5 Å². The lowest BCUT2D eigenvalue weighted by Gasteiger charge is -2.24. The molecule has 0 spiro atoms. The Balaban J connectivity index is 1.64. The SMILES string of the molecule is NC(=O)c1ccc(CNC(=O)C2CCCN2C(=O)c2ccccc2O)cc1. The molecule has 3 amide bonds. The van der Waals surface area contributed by atoms with Gasteiger partial charge in [0.25, 0.3) is 5.91 Å². The Morgan fingerprint density at radius 2 is 1.81 bits per heavy atom. The summed E-state index contributed by atoms with van der Waals surface area (Å²) in [6, 6.07) is 12.4. The molecule has 1 aliphatic rings. The molecule has 0 bridgehead atoms. The van der Waals surface area contributed by atoms with Gasteiger partial charge in [0.1, 0.15) is 11.8 Å². The summed E-state index contributed by atoms with van der Waals surface area (Å²) in [4.78, 5) is 37.9. The molecular weight excluding hydrogens is 346 g/mol. The van der Waals surface area contributed by atoms with Gasteiger partial charge in [-0.1, -0.05) is 24.3 Å². The predicted octanol–water partition coefficient (Wildman–Crippen LogP) is 1.41. The third kappa shape index (κ3) is 4.08. The van der Waals surface area contributed by atoms with Crippen LogP contribution in [0.25, 0.3) is 0 Å². The summed E-state index contributed by atoms with van der Waals surface area (Å²) in [5.74, 6) is -1.19. The molecule has 7 heteroatoms. The van der Waals surface area contributed by atoms with E-state index in [0.717, 1.165) is 12.0 Å². The average Bonchev–Trinajstić information content (AvgIpc) is 3.16. The van der Waals surface area contributed by atoms with Gasteiger partial charge in [-0.15, -0.1) is 0 Å². The second kappa shape index (κ2) is 7.90. The smallest absolute Gasteiger partial charge is 0.258 e. The number of phenolic OH excluding ortho intramolecular Hbond substituents is 1. The van der Waals surface area contributed by atoms with Gasteiger partial charge in [-0.2, -0.15) is 0 Å². The van der Waals surface area contributed by atoms with Gasteiger partial charge in [0.05, 0.1) is 5.56 Å². The van der Waals surface area contributed by atoms with Gasteiger partial charge in [-0.05, 0) is 42.7 Å². The molecule has 1 atom stereocenters. The molecule has 7 nitrogen and oxygen atoms in total. The van der Waals surface area contributed by atoms with Gasteiger partial charge in [-0.3, -0.25) is 14.4 Å². The number of nitrogens with one attached hydrogen (secondary N) is 1. The Kier molecular flexibility index (Phi) is 5.40. The van der Waals surface area contributed by atoms with E-state index in [1.165, 1.54) is 11.0 Å². The van der Waals surface area contributed by atoms with Crippen LogP contribution < -0.4 is 11.1 Å². The summed E-state index contributed by atoms with van der Waals surface area (Å²) in [6.45, 7) is 0.756. The summed E-state index contributed by atoms with van der Waals surface area (Å²) >= 11 is 0. The Labute approximate surface area is 156 Å². The van der Waals surface area contributed by atoms with Gasteiger partial charge in [0.15, 0.2) is 0 Å². The number of likely N-dealkylation sites (tertiary alicyclic amines) is 1. The summed E-state index contributed by atoms with van der Waals surface area (Å²) < 4.78 is 0. The van der Waals surface area contributed by atoms with E-state index < -0.39 is 11.9 Å².